The smallest absolute Gasteiger partial charge is 0.407 e. The van der Waals surface area contributed by atoms with E-state index in [9.17, 15) is 14.0 Å². The Bertz CT molecular complexity index is 1080. The number of methoxy groups -OCH3 is 1. The van der Waals surface area contributed by atoms with Crippen LogP contribution >= 0.6 is 0 Å². The van der Waals surface area contributed by atoms with Crippen LogP contribution in [0.25, 0.3) is 11.3 Å². The Morgan fingerprint density at radius 3 is 2.66 bits per heavy atom. The fourth-order valence-electron chi connectivity index (χ4n) is 3.77. The predicted octanol–water partition coefficient (Wildman–Crippen LogP) is 2.63. The van der Waals surface area contributed by atoms with Gasteiger partial charge in [0.2, 0.25) is 5.91 Å². The van der Waals surface area contributed by atoms with E-state index in [0.29, 0.717) is 25.9 Å². The van der Waals surface area contributed by atoms with Crippen molar-refractivity contribution in [2.45, 2.75) is 25.4 Å². The standard InChI is InChI=1S/C23H24FN5O3/c1-32-23(31)26-19-8-11-28(14-19)22(30)15-29-20(12-16-2-4-18(24)5-3-16)13-21(27-29)17-6-9-25-10-7-17/h2-7,9-10,13,19H,8,11-12,14-15H2,1H3,(H,26,31)/t19-/m0/s1. The van der Waals surface area contributed by atoms with Crippen molar-refractivity contribution >= 4 is 12.0 Å². The van der Waals surface area contributed by atoms with Crippen LogP contribution in [0.2, 0.25) is 0 Å². The number of nitrogens with zero attached hydrogens (tertiary/aromatic N) is 4. The molecule has 0 bridgehead atoms. The molecule has 3 aromatic rings. The fraction of sp³-hybridized carbons (Fsp3) is 0.304. The number of amides is 2. The molecule has 1 aliphatic rings. The van der Waals surface area contributed by atoms with Crippen molar-refractivity contribution in [3.63, 3.8) is 0 Å². The number of benzene rings is 1. The number of aromatic nitrogens is 3. The largest absolute Gasteiger partial charge is 0.453 e. The molecule has 166 valence electrons. The molecule has 2 aromatic heterocycles. The summed E-state index contributed by atoms with van der Waals surface area (Å²) >= 11 is 0. The second-order valence-electron chi connectivity index (χ2n) is 7.68. The number of carbonyl (C=O) groups is 2. The second kappa shape index (κ2) is 9.59. The summed E-state index contributed by atoms with van der Waals surface area (Å²) in [6, 6.07) is 11.8. The molecule has 0 unspecified atom stereocenters. The van der Waals surface area contributed by atoms with E-state index in [4.69, 9.17) is 0 Å². The molecule has 0 saturated carbocycles. The SMILES string of the molecule is COC(=O)N[C@H]1CCN(C(=O)Cn2nc(-c3ccncc3)cc2Cc2ccc(F)cc2)C1. The number of hydrogen-bond acceptors (Lipinski definition) is 5. The van der Waals surface area contributed by atoms with E-state index >= 15 is 0 Å². The molecule has 4 rings (SSSR count). The summed E-state index contributed by atoms with van der Waals surface area (Å²) in [6.07, 6.45) is 4.07. The van der Waals surface area contributed by atoms with Gasteiger partial charge < -0.3 is 15.0 Å². The van der Waals surface area contributed by atoms with Gasteiger partial charge in [0, 0.05) is 43.2 Å². The van der Waals surface area contributed by atoms with Gasteiger partial charge in [-0.05, 0) is 42.3 Å². The molecule has 1 aliphatic heterocycles. The maximum Gasteiger partial charge on any atom is 0.407 e. The number of alkyl carbamates (subject to hydrolysis) is 1. The van der Waals surface area contributed by atoms with Crippen molar-refractivity contribution in [2.24, 2.45) is 0 Å². The zero-order chi connectivity index (χ0) is 22.5. The van der Waals surface area contributed by atoms with Gasteiger partial charge in [-0.3, -0.25) is 14.5 Å². The summed E-state index contributed by atoms with van der Waals surface area (Å²) < 4.78 is 19.6. The highest BCUT2D eigenvalue weighted by molar-refractivity contribution is 5.77. The van der Waals surface area contributed by atoms with Crippen molar-refractivity contribution in [3.05, 3.63) is 71.9 Å². The summed E-state index contributed by atoms with van der Waals surface area (Å²) in [6.45, 7) is 1.06. The lowest BCUT2D eigenvalue weighted by atomic mass is 10.1. The molecule has 1 saturated heterocycles. The number of halogens is 1. The molecule has 0 radical (unpaired) electrons. The fourth-order valence-corrected chi connectivity index (χ4v) is 3.77. The van der Waals surface area contributed by atoms with Crippen LogP contribution in [0, 0.1) is 5.82 Å². The second-order valence-corrected chi connectivity index (χ2v) is 7.68. The molecule has 0 spiro atoms. The Balaban J connectivity index is 1.52. The number of nitrogens with one attached hydrogen (secondary N) is 1. The molecule has 1 aromatic carbocycles. The number of hydrogen-bond donors (Lipinski definition) is 1. The summed E-state index contributed by atoms with van der Waals surface area (Å²) in [5, 5.41) is 7.40. The van der Waals surface area contributed by atoms with Gasteiger partial charge in [0.05, 0.1) is 18.8 Å². The maximum atomic E-state index is 13.3. The first-order valence-electron chi connectivity index (χ1n) is 10.4. The van der Waals surface area contributed by atoms with Crippen LogP contribution in [0.5, 0.6) is 0 Å². The van der Waals surface area contributed by atoms with E-state index < -0.39 is 6.09 Å². The van der Waals surface area contributed by atoms with Gasteiger partial charge in [0.1, 0.15) is 12.4 Å². The van der Waals surface area contributed by atoms with Gasteiger partial charge >= 0.3 is 6.09 Å². The average molecular weight is 437 g/mol. The Hall–Kier alpha value is -3.75. The van der Waals surface area contributed by atoms with Crippen LogP contribution in [-0.4, -0.2) is 57.9 Å². The van der Waals surface area contributed by atoms with Crippen molar-refractivity contribution in [1.82, 2.24) is 25.0 Å². The molecule has 32 heavy (non-hydrogen) atoms. The van der Waals surface area contributed by atoms with Crippen LogP contribution in [0.3, 0.4) is 0 Å². The highest BCUT2D eigenvalue weighted by Crippen LogP contribution is 2.21. The molecule has 9 heteroatoms. The molecule has 1 fully saturated rings. The number of pyridine rings is 1. The minimum atomic E-state index is -0.500. The quantitative estimate of drug-likeness (QED) is 0.640. The van der Waals surface area contributed by atoms with Crippen LogP contribution < -0.4 is 5.32 Å². The number of carbonyl (C=O) groups excluding carboxylic acids is 2. The maximum absolute atomic E-state index is 13.3. The minimum absolute atomic E-state index is 0.0759. The topological polar surface area (TPSA) is 89.4 Å². The molecular formula is C23H24FN5O3. The monoisotopic (exact) mass is 437 g/mol. The number of ether oxygens (including phenoxy) is 1. The number of rotatable bonds is 6. The van der Waals surface area contributed by atoms with Crippen molar-refractivity contribution in [1.29, 1.82) is 0 Å². The Morgan fingerprint density at radius 1 is 1.19 bits per heavy atom. The first-order valence-corrected chi connectivity index (χ1v) is 10.4. The van der Waals surface area contributed by atoms with Crippen molar-refractivity contribution < 1.29 is 18.7 Å². The normalized spacial score (nSPS) is 15.6. The highest BCUT2D eigenvalue weighted by Gasteiger charge is 2.28. The Morgan fingerprint density at radius 2 is 1.94 bits per heavy atom. The lowest BCUT2D eigenvalue weighted by Gasteiger charge is -2.17. The lowest BCUT2D eigenvalue weighted by Crippen LogP contribution is -2.39. The van der Waals surface area contributed by atoms with Crippen LogP contribution in [0.1, 0.15) is 17.7 Å². The lowest BCUT2D eigenvalue weighted by molar-refractivity contribution is -0.131. The van der Waals surface area contributed by atoms with Gasteiger partial charge in [-0.2, -0.15) is 5.10 Å². The van der Waals surface area contributed by atoms with E-state index in [1.807, 2.05) is 18.2 Å². The molecule has 1 atom stereocenters. The van der Waals surface area contributed by atoms with Gasteiger partial charge in [0.15, 0.2) is 0 Å². The molecule has 8 nitrogen and oxygen atoms in total. The molecular weight excluding hydrogens is 413 g/mol. The molecule has 1 N–H and O–H groups in total. The third-order valence-corrected chi connectivity index (χ3v) is 5.47. The van der Waals surface area contributed by atoms with E-state index in [1.165, 1.54) is 19.2 Å². The molecule has 2 amide bonds. The summed E-state index contributed by atoms with van der Waals surface area (Å²) in [4.78, 5) is 30.2. The summed E-state index contributed by atoms with van der Waals surface area (Å²) in [7, 11) is 1.31. The number of likely N-dealkylation sites (tertiary alicyclic amines) is 1. The third kappa shape index (κ3) is 5.11. The van der Waals surface area contributed by atoms with Gasteiger partial charge in [-0.1, -0.05) is 12.1 Å². The highest BCUT2D eigenvalue weighted by atomic mass is 19.1. The van der Waals surface area contributed by atoms with Gasteiger partial charge in [0.25, 0.3) is 0 Å². The summed E-state index contributed by atoms with van der Waals surface area (Å²) in [5.74, 6) is -0.372. The zero-order valence-electron chi connectivity index (χ0n) is 17.7. The van der Waals surface area contributed by atoms with E-state index in [1.54, 1.807) is 34.1 Å². The average Bonchev–Trinajstić information content (AvgIpc) is 3.43. The van der Waals surface area contributed by atoms with Crippen LogP contribution in [0.15, 0.2) is 54.9 Å². The van der Waals surface area contributed by atoms with Crippen LogP contribution in [-0.2, 0) is 22.5 Å². The van der Waals surface area contributed by atoms with Crippen LogP contribution in [0.4, 0.5) is 9.18 Å². The van der Waals surface area contributed by atoms with Gasteiger partial charge in [-0.25, -0.2) is 9.18 Å². The third-order valence-electron chi connectivity index (χ3n) is 5.47. The zero-order valence-corrected chi connectivity index (χ0v) is 17.7. The van der Waals surface area contributed by atoms with E-state index in [0.717, 1.165) is 22.5 Å². The molecule has 0 aliphatic carbocycles. The summed E-state index contributed by atoms with van der Waals surface area (Å²) in [5.41, 5.74) is 3.41. The Labute approximate surface area is 185 Å². The first-order chi connectivity index (χ1) is 15.5. The van der Waals surface area contributed by atoms with Crippen molar-refractivity contribution in [2.75, 3.05) is 20.2 Å². The van der Waals surface area contributed by atoms with E-state index in [-0.39, 0.29) is 24.3 Å². The van der Waals surface area contributed by atoms with Gasteiger partial charge in [-0.15, -0.1) is 0 Å². The first kappa shape index (κ1) is 21.5. The minimum Gasteiger partial charge on any atom is -0.453 e. The van der Waals surface area contributed by atoms with E-state index in [2.05, 4.69) is 20.1 Å². The molecule has 3 heterocycles. The van der Waals surface area contributed by atoms with Crippen molar-refractivity contribution in [3.8, 4) is 11.3 Å². The predicted molar refractivity (Wildman–Crippen MR) is 115 cm³/mol. The Kier molecular flexibility index (Phi) is 6.44.